The molecule has 1 aromatic carbocycles. The van der Waals surface area contributed by atoms with E-state index in [4.69, 9.17) is 11.6 Å². The first-order valence-electron chi connectivity index (χ1n) is 6.13. The Labute approximate surface area is 135 Å². The first-order valence-corrected chi connectivity index (χ1v) is 10.0. The second-order valence-corrected chi connectivity index (χ2v) is 9.63. The van der Waals surface area contributed by atoms with E-state index in [0.717, 1.165) is 16.6 Å². The van der Waals surface area contributed by atoms with Crippen LogP contribution in [0.2, 0.25) is 5.02 Å². The maximum atomic E-state index is 12.0. The number of rotatable bonds is 6. The van der Waals surface area contributed by atoms with Gasteiger partial charge < -0.3 is 5.32 Å². The highest BCUT2D eigenvalue weighted by atomic mass is 35.5. The maximum absolute atomic E-state index is 12.0. The zero-order chi connectivity index (χ0) is 17.1. The van der Waals surface area contributed by atoms with Crippen LogP contribution in [0.25, 0.3) is 0 Å². The Kier molecular flexibility index (Phi) is 5.96. The Morgan fingerprint density at radius 1 is 1.23 bits per heavy atom. The molecule has 1 N–H and O–H groups in total. The summed E-state index contributed by atoms with van der Waals surface area (Å²) in [4.78, 5) is 11.9. The summed E-state index contributed by atoms with van der Waals surface area (Å²) in [5.74, 6) is -0.851. The predicted octanol–water partition coefficient (Wildman–Crippen LogP) is 0.365. The van der Waals surface area contributed by atoms with E-state index in [1.54, 1.807) is 0 Å². The molecular weight excluding hydrogens is 352 g/mol. The third-order valence-electron chi connectivity index (χ3n) is 2.72. The van der Waals surface area contributed by atoms with Crippen LogP contribution >= 0.6 is 11.6 Å². The standard InChI is InChI=1S/C12H17ClN2O5S2/c1-15(2)22(19,20)9-4-5-11(13)10(8-9)12(16)14-6-7-21(3,17)18/h4-5,8H,6-7H2,1-3H3,(H,14,16). The van der Waals surface area contributed by atoms with E-state index in [1.165, 1.54) is 26.2 Å². The lowest BCUT2D eigenvalue weighted by atomic mass is 10.2. The molecule has 0 aliphatic carbocycles. The lowest BCUT2D eigenvalue weighted by Gasteiger charge is -2.13. The number of amides is 1. The van der Waals surface area contributed by atoms with Crippen molar-refractivity contribution >= 4 is 37.4 Å². The molecule has 10 heteroatoms. The molecule has 0 bridgehead atoms. The van der Waals surface area contributed by atoms with Gasteiger partial charge in [-0.2, -0.15) is 0 Å². The fourth-order valence-electron chi connectivity index (χ4n) is 1.49. The Balaban J connectivity index is 3.03. The average Bonchev–Trinajstić information content (AvgIpc) is 2.37. The molecule has 0 aliphatic rings. The molecule has 0 saturated heterocycles. The van der Waals surface area contributed by atoms with Gasteiger partial charge in [0.2, 0.25) is 10.0 Å². The van der Waals surface area contributed by atoms with Gasteiger partial charge in [-0.3, -0.25) is 4.79 Å². The Bertz CT molecular complexity index is 773. The highest BCUT2D eigenvalue weighted by Gasteiger charge is 2.20. The van der Waals surface area contributed by atoms with Gasteiger partial charge in [-0.15, -0.1) is 0 Å². The fraction of sp³-hybridized carbons (Fsp3) is 0.417. The number of hydrogen-bond donors (Lipinski definition) is 1. The minimum Gasteiger partial charge on any atom is -0.351 e. The van der Waals surface area contributed by atoms with Crippen LogP contribution in [0.1, 0.15) is 10.4 Å². The molecule has 0 heterocycles. The number of nitrogens with one attached hydrogen (secondary N) is 1. The van der Waals surface area contributed by atoms with Gasteiger partial charge in [-0.25, -0.2) is 21.1 Å². The topological polar surface area (TPSA) is 101 Å². The quantitative estimate of drug-likeness (QED) is 0.781. The van der Waals surface area contributed by atoms with E-state index in [9.17, 15) is 21.6 Å². The van der Waals surface area contributed by atoms with E-state index in [0.29, 0.717) is 0 Å². The van der Waals surface area contributed by atoms with Crippen LogP contribution in [0.3, 0.4) is 0 Å². The maximum Gasteiger partial charge on any atom is 0.252 e. The third kappa shape index (κ3) is 4.94. The summed E-state index contributed by atoms with van der Waals surface area (Å²) in [6, 6.07) is 3.77. The molecule has 1 amide bonds. The zero-order valence-electron chi connectivity index (χ0n) is 12.3. The molecule has 124 valence electrons. The van der Waals surface area contributed by atoms with Crippen molar-refractivity contribution < 1.29 is 21.6 Å². The van der Waals surface area contributed by atoms with Gasteiger partial charge in [0, 0.05) is 26.9 Å². The summed E-state index contributed by atoms with van der Waals surface area (Å²) in [5.41, 5.74) is -0.0295. The number of sulfonamides is 1. The molecular formula is C12H17ClN2O5S2. The molecule has 7 nitrogen and oxygen atoms in total. The Morgan fingerprint density at radius 3 is 2.32 bits per heavy atom. The van der Waals surface area contributed by atoms with Crippen LogP contribution in [0.15, 0.2) is 23.1 Å². The van der Waals surface area contributed by atoms with Crippen molar-refractivity contribution in [3.63, 3.8) is 0 Å². The van der Waals surface area contributed by atoms with Gasteiger partial charge in [0.15, 0.2) is 0 Å². The summed E-state index contributed by atoms with van der Waals surface area (Å²) in [5, 5.41) is 2.47. The van der Waals surface area contributed by atoms with Gasteiger partial charge in [-0.05, 0) is 18.2 Å². The fourth-order valence-corrected chi connectivity index (χ4v) is 3.10. The minimum absolute atomic E-state index is 0.0295. The molecule has 0 spiro atoms. The molecule has 0 saturated carbocycles. The summed E-state index contributed by atoms with van der Waals surface area (Å²) in [7, 11) is -4.16. The van der Waals surface area contributed by atoms with E-state index in [-0.39, 0.29) is 27.8 Å². The molecule has 0 aliphatic heterocycles. The number of sulfone groups is 1. The Hall–Kier alpha value is -1.16. The van der Waals surface area contributed by atoms with Gasteiger partial charge in [0.25, 0.3) is 5.91 Å². The van der Waals surface area contributed by atoms with E-state index in [2.05, 4.69) is 5.32 Å². The molecule has 0 aromatic heterocycles. The second-order valence-electron chi connectivity index (χ2n) is 4.81. The average molecular weight is 369 g/mol. The molecule has 1 rings (SSSR count). The number of carbonyl (C=O) groups is 1. The monoisotopic (exact) mass is 368 g/mol. The van der Waals surface area contributed by atoms with Crippen LogP contribution in [0, 0.1) is 0 Å². The number of halogens is 1. The first kappa shape index (κ1) is 18.9. The van der Waals surface area contributed by atoms with Crippen LogP contribution in [0.4, 0.5) is 0 Å². The van der Waals surface area contributed by atoms with Gasteiger partial charge in [0.1, 0.15) is 9.84 Å². The largest absolute Gasteiger partial charge is 0.351 e. The first-order chi connectivity index (χ1) is 9.95. The third-order valence-corrected chi connectivity index (χ3v) is 5.81. The molecule has 0 radical (unpaired) electrons. The normalized spacial score (nSPS) is 12.4. The smallest absolute Gasteiger partial charge is 0.252 e. The zero-order valence-corrected chi connectivity index (χ0v) is 14.7. The minimum atomic E-state index is -3.69. The van der Waals surface area contributed by atoms with Crippen molar-refractivity contribution in [2.45, 2.75) is 4.90 Å². The second kappa shape index (κ2) is 6.95. The van der Waals surface area contributed by atoms with E-state index in [1.807, 2.05) is 0 Å². The van der Waals surface area contributed by atoms with Gasteiger partial charge in [0.05, 0.1) is 21.2 Å². The van der Waals surface area contributed by atoms with Gasteiger partial charge >= 0.3 is 0 Å². The van der Waals surface area contributed by atoms with Gasteiger partial charge in [-0.1, -0.05) is 11.6 Å². The summed E-state index contributed by atoms with van der Waals surface area (Å²) in [6.07, 6.45) is 1.05. The molecule has 1 aromatic rings. The molecule has 0 atom stereocenters. The van der Waals surface area contributed by atoms with Crippen LogP contribution in [0.5, 0.6) is 0 Å². The molecule has 22 heavy (non-hydrogen) atoms. The SMILES string of the molecule is CN(C)S(=O)(=O)c1ccc(Cl)c(C(=O)NCCS(C)(=O)=O)c1. The van der Waals surface area contributed by atoms with Crippen LogP contribution in [-0.2, 0) is 19.9 Å². The summed E-state index contributed by atoms with van der Waals surface area (Å²) >= 11 is 5.90. The number of nitrogens with zero attached hydrogens (tertiary/aromatic N) is 1. The van der Waals surface area contributed by atoms with Crippen molar-refractivity contribution in [2.75, 3.05) is 32.6 Å². The highest BCUT2D eigenvalue weighted by molar-refractivity contribution is 7.90. The van der Waals surface area contributed by atoms with Crippen molar-refractivity contribution in [1.29, 1.82) is 0 Å². The van der Waals surface area contributed by atoms with E-state index < -0.39 is 25.8 Å². The van der Waals surface area contributed by atoms with E-state index >= 15 is 0 Å². The number of hydrogen-bond acceptors (Lipinski definition) is 5. The van der Waals surface area contributed by atoms with Crippen LogP contribution < -0.4 is 5.32 Å². The Morgan fingerprint density at radius 2 is 1.82 bits per heavy atom. The lowest BCUT2D eigenvalue weighted by molar-refractivity contribution is 0.0956. The number of benzene rings is 1. The van der Waals surface area contributed by atoms with Crippen molar-refractivity contribution in [1.82, 2.24) is 9.62 Å². The van der Waals surface area contributed by atoms with Crippen LogP contribution in [-0.4, -0.2) is 59.7 Å². The van der Waals surface area contributed by atoms with Crippen molar-refractivity contribution in [3.8, 4) is 0 Å². The lowest BCUT2D eigenvalue weighted by Crippen LogP contribution is -2.29. The molecule has 0 unspecified atom stereocenters. The summed E-state index contributed by atoms with van der Waals surface area (Å²) < 4.78 is 47.1. The molecule has 0 fully saturated rings. The predicted molar refractivity (Wildman–Crippen MR) is 84.4 cm³/mol. The van der Waals surface area contributed by atoms with Crippen molar-refractivity contribution in [2.24, 2.45) is 0 Å². The number of carbonyl (C=O) groups excluding carboxylic acids is 1. The highest BCUT2D eigenvalue weighted by Crippen LogP contribution is 2.22. The summed E-state index contributed by atoms with van der Waals surface area (Å²) in [6.45, 7) is -0.0847. The van der Waals surface area contributed by atoms with Crippen molar-refractivity contribution in [3.05, 3.63) is 28.8 Å².